The highest BCUT2D eigenvalue weighted by Gasteiger charge is 2.26. The largest absolute Gasteiger partial charge is 0.383 e. The first-order chi connectivity index (χ1) is 12.2. The second-order valence-electron chi connectivity index (χ2n) is 5.56. The molecule has 0 bridgehead atoms. The number of amides is 2. The highest BCUT2D eigenvalue weighted by atomic mass is 16.5. The Bertz CT molecular complexity index is 658. The number of nitrogens with zero attached hydrogens (tertiary/aromatic N) is 2. The van der Waals surface area contributed by atoms with Crippen molar-refractivity contribution in [3.63, 3.8) is 0 Å². The van der Waals surface area contributed by atoms with Gasteiger partial charge in [-0.05, 0) is 12.0 Å². The summed E-state index contributed by atoms with van der Waals surface area (Å²) in [4.78, 5) is 26.7. The quantitative estimate of drug-likeness (QED) is 0.754. The molecule has 25 heavy (non-hydrogen) atoms. The number of carbonyl (C=O) groups excluding carboxylic acids is 2. The Labute approximate surface area is 146 Å². The number of benzene rings is 1. The fourth-order valence-corrected chi connectivity index (χ4v) is 2.56. The molecule has 0 aliphatic heterocycles. The van der Waals surface area contributed by atoms with Crippen molar-refractivity contribution < 1.29 is 18.8 Å². The molecule has 0 spiro atoms. The molecular weight excluding hydrogens is 322 g/mol. The average molecular weight is 345 g/mol. The lowest BCUT2D eigenvalue weighted by molar-refractivity contribution is -0.136. The molecule has 1 N–H and O–H groups in total. The Kier molecular flexibility index (Phi) is 7.16. The van der Waals surface area contributed by atoms with Crippen LogP contribution >= 0.6 is 0 Å². The van der Waals surface area contributed by atoms with Gasteiger partial charge in [0.1, 0.15) is 12.8 Å². The maximum absolute atomic E-state index is 13.0. The number of nitrogens with one attached hydrogen (secondary N) is 1. The van der Waals surface area contributed by atoms with E-state index in [0.29, 0.717) is 25.4 Å². The maximum Gasteiger partial charge on any atom is 0.245 e. The lowest BCUT2D eigenvalue weighted by Crippen LogP contribution is -2.42. The van der Waals surface area contributed by atoms with Gasteiger partial charge in [-0.15, -0.1) is 0 Å². The van der Waals surface area contributed by atoms with Crippen molar-refractivity contribution in [1.29, 1.82) is 0 Å². The number of hydrogen-bond donors (Lipinski definition) is 1. The van der Waals surface area contributed by atoms with E-state index in [1.54, 1.807) is 7.11 Å². The lowest BCUT2D eigenvalue weighted by Gasteiger charge is -2.26. The SMILES string of the molecule is CCC(C(=O)N(CCOC)CC(=O)Nc1ccon1)c1ccccc1. The van der Waals surface area contributed by atoms with Crippen molar-refractivity contribution in [3.8, 4) is 0 Å². The van der Waals surface area contributed by atoms with Crippen LogP contribution in [0.2, 0.25) is 0 Å². The second-order valence-corrected chi connectivity index (χ2v) is 5.56. The molecule has 2 aromatic rings. The van der Waals surface area contributed by atoms with Crippen LogP contribution in [0.25, 0.3) is 0 Å². The number of ether oxygens (including phenoxy) is 1. The van der Waals surface area contributed by atoms with Crippen LogP contribution in [0.15, 0.2) is 47.2 Å². The molecule has 1 aromatic carbocycles. The van der Waals surface area contributed by atoms with Gasteiger partial charge in [0.2, 0.25) is 11.8 Å². The van der Waals surface area contributed by atoms with Gasteiger partial charge in [-0.25, -0.2) is 0 Å². The van der Waals surface area contributed by atoms with E-state index in [9.17, 15) is 9.59 Å². The average Bonchev–Trinajstić information content (AvgIpc) is 3.13. The number of methoxy groups -OCH3 is 1. The number of rotatable bonds is 9. The third-order valence-corrected chi connectivity index (χ3v) is 3.83. The predicted molar refractivity (Wildman–Crippen MR) is 93.1 cm³/mol. The highest BCUT2D eigenvalue weighted by molar-refractivity contribution is 5.94. The summed E-state index contributed by atoms with van der Waals surface area (Å²) in [5.74, 6) is -0.403. The predicted octanol–water partition coefficient (Wildman–Crippen LogP) is 2.28. The summed E-state index contributed by atoms with van der Waals surface area (Å²) in [6.07, 6.45) is 2.02. The summed E-state index contributed by atoms with van der Waals surface area (Å²) in [7, 11) is 1.56. The highest BCUT2D eigenvalue weighted by Crippen LogP contribution is 2.22. The zero-order chi connectivity index (χ0) is 18.1. The Morgan fingerprint density at radius 1 is 1.28 bits per heavy atom. The van der Waals surface area contributed by atoms with Gasteiger partial charge in [0.15, 0.2) is 5.82 Å². The van der Waals surface area contributed by atoms with Gasteiger partial charge in [0, 0.05) is 19.7 Å². The molecule has 1 unspecified atom stereocenters. The number of hydrogen-bond acceptors (Lipinski definition) is 5. The number of aromatic nitrogens is 1. The van der Waals surface area contributed by atoms with Gasteiger partial charge in [0.25, 0.3) is 0 Å². The fourth-order valence-electron chi connectivity index (χ4n) is 2.56. The zero-order valence-electron chi connectivity index (χ0n) is 14.5. The molecular formula is C18H23N3O4. The van der Waals surface area contributed by atoms with Crippen molar-refractivity contribution in [2.75, 3.05) is 32.1 Å². The van der Waals surface area contributed by atoms with Gasteiger partial charge in [0.05, 0.1) is 12.5 Å². The third kappa shape index (κ3) is 5.42. The Balaban J connectivity index is 2.08. The Morgan fingerprint density at radius 2 is 2.04 bits per heavy atom. The number of carbonyl (C=O) groups is 2. The minimum atomic E-state index is -0.332. The van der Waals surface area contributed by atoms with E-state index >= 15 is 0 Å². The molecule has 0 aliphatic rings. The number of anilines is 1. The van der Waals surface area contributed by atoms with E-state index in [2.05, 4.69) is 15.0 Å². The summed E-state index contributed by atoms with van der Waals surface area (Å²) in [6.45, 7) is 2.58. The minimum absolute atomic E-state index is 0.0710. The van der Waals surface area contributed by atoms with Gasteiger partial charge >= 0.3 is 0 Å². The van der Waals surface area contributed by atoms with Crippen LogP contribution in [-0.4, -0.2) is 48.7 Å². The van der Waals surface area contributed by atoms with E-state index in [0.717, 1.165) is 5.56 Å². The van der Waals surface area contributed by atoms with Crippen LogP contribution in [0.5, 0.6) is 0 Å². The van der Waals surface area contributed by atoms with E-state index in [4.69, 9.17) is 4.74 Å². The monoisotopic (exact) mass is 345 g/mol. The standard InChI is InChI=1S/C18H23N3O4/c1-3-15(14-7-5-4-6-8-14)18(23)21(10-12-24-2)13-17(22)19-16-9-11-25-20-16/h4-9,11,15H,3,10,12-13H2,1-2H3,(H,19,20,22). The molecule has 1 heterocycles. The van der Waals surface area contributed by atoms with Gasteiger partial charge < -0.3 is 19.5 Å². The molecule has 7 nitrogen and oxygen atoms in total. The minimum Gasteiger partial charge on any atom is -0.383 e. The summed E-state index contributed by atoms with van der Waals surface area (Å²) < 4.78 is 9.76. The normalized spacial score (nSPS) is 11.8. The van der Waals surface area contributed by atoms with Crippen molar-refractivity contribution in [1.82, 2.24) is 10.1 Å². The summed E-state index contributed by atoms with van der Waals surface area (Å²) in [5, 5.41) is 6.24. The van der Waals surface area contributed by atoms with Crippen molar-refractivity contribution >= 4 is 17.6 Å². The molecule has 134 valence electrons. The molecule has 7 heteroatoms. The molecule has 0 aliphatic carbocycles. The third-order valence-electron chi connectivity index (χ3n) is 3.83. The Hall–Kier alpha value is -2.67. The summed E-state index contributed by atoms with van der Waals surface area (Å²) >= 11 is 0. The summed E-state index contributed by atoms with van der Waals surface area (Å²) in [5.41, 5.74) is 0.939. The van der Waals surface area contributed by atoms with Crippen LogP contribution in [0, 0.1) is 0 Å². The Morgan fingerprint density at radius 3 is 2.64 bits per heavy atom. The first-order valence-electron chi connectivity index (χ1n) is 8.18. The molecule has 0 saturated carbocycles. The molecule has 0 radical (unpaired) electrons. The smallest absolute Gasteiger partial charge is 0.245 e. The van der Waals surface area contributed by atoms with Gasteiger partial charge in [-0.3, -0.25) is 9.59 Å². The lowest BCUT2D eigenvalue weighted by atomic mass is 9.95. The van der Waals surface area contributed by atoms with E-state index < -0.39 is 0 Å². The second kappa shape index (κ2) is 9.58. The summed E-state index contributed by atoms with van der Waals surface area (Å²) in [6, 6.07) is 11.1. The molecule has 1 aromatic heterocycles. The van der Waals surface area contributed by atoms with Crippen molar-refractivity contribution in [3.05, 3.63) is 48.2 Å². The molecule has 1 atom stereocenters. The molecule has 2 amide bonds. The van der Waals surface area contributed by atoms with Crippen LogP contribution in [0.1, 0.15) is 24.8 Å². The van der Waals surface area contributed by atoms with Crippen molar-refractivity contribution in [2.45, 2.75) is 19.3 Å². The topological polar surface area (TPSA) is 84.7 Å². The van der Waals surface area contributed by atoms with E-state index in [1.165, 1.54) is 17.2 Å². The zero-order valence-corrected chi connectivity index (χ0v) is 14.5. The first kappa shape index (κ1) is 18.7. The van der Waals surface area contributed by atoms with Crippen molar-refractivity contribution in [2.24, 2.45) is 0 Å². The fraction of sp³-hybridized carbons (Fsp3) is 0.389. The van der Waals surface area contributed by atoms with Gasteiger partial charge in [-0.2, -0.15) is 0 Å². The first-order valence-corrected chi connectivity index (χ1v) is 8.18. The molecule has 0 fully saturated rings. The van der Waals surface area contributed by atoms with Crippen LogP contribution in [0.3, 0.4) is 0 Å². The van der Waals surface area contributed by atoms with E-state index in [1.807, 2.05) is 37.3 Å². The van der Waals surface area contributed by atoms with Gasteiger partial charge in [-0.1, -0.05) is 42.4 Å². The molecule has 2 rings (SSSR count). The van der Waals surface area contributed by atoms with E-state index in [-0.39, 0.29) is 24.3 Å². The van der Waals surface area contributed by atoms with Crippen LogP contribution in [-0.2, 0) is 14.3 Å². The van der Waals surface area contributed by atoms with Crippen LogP contribution < -0.4 is 5.32 Å². The maximum atomic E-state index is 13.0. The van der Waals surface area contributed by atoms with Crippen LogP contribution in [0.4, 0.5) is 5.82 Å². The molecule has 0 saturated heterocycles.